The van der Waals surface area contributed by atoms with Gasteiger partial charge in [-0.2, -0.15) is 0 Å². The fourth-order valence-corrected chi connectivity index (χ4v) is 3.11. The van der Waals surface area contributed by atoms with Gasteiger partial charge in [-0.25, -0.2) is 4.98 Å². The lowest BCUT2D eigenvalue weighted by atomic mass is 10.0. The van der Waals surface area contributed by atoms with E-state index in [-0.39, 0.29) is 0 Å². The molecule has 0 saturated heterocycles. The summed E-state index contributed by atoms with van der Waals surface area (Å²) in [4.78, 5) is 4.71. The average Bonchev–Trinajstić information content (AvgIpc) is 2.90. The number of hydrogen-bond acceptors (Lipinski definition) is 3. The van der Waals surface area contributed by atoms with Crippen LogP contribution in [0.5, 0.6) is 0 Å². The van der Waals surface area contributed by atoms with Crippen molar-refractivity contribution in [2.45, 2.75) is 20.8 Å². The van der Waals surface area contributed by atoms with Crippen LogP contribution < -0.4 is 5.32 Å². The first-order valence-corrected chi connectivity index (χ1v) is 7.87. The number of nitrogens with zero attached hydrogens (tertiary/aromatic N) is 1. The van der Waals surface area contributed by atoms with E-state index in [9.17, 15) is 0 Å². The van der Waals surface area contributed by atoms with Gasteiger partial charge in [0.05, 0.1) is 5.69 Å². The molecule has 21 heavy (non-hydrogen) atoms. The summed E-state index contributed by atoms with van der Waals surface area (Å²) >= 11 is 1.64. The summed E-state index contributed by atoms with van der Waals surface area (Å²) in [6, 6.07) is 14.7. The maximum absolute atomic E-state index is 4.71. The van der Waals surface area contributed by atoms with E-state index in [1.807, 2.05) is 12.1 Å². The molecule has 1 aromatic heterocycles. The number of hydrogen-bond donors (Lipinski definition) is 1. The molecule has 1 heterocycles. The van der Waals surface area contributed by atoms with Gasteiger partial charge >= 0.3 is 0 Å². The number of anilines is 2. The van der Waals surface area contributed by atoms with Crippen LogP contribution in [0.1, 0.15) is 16.7 Å². The lowest BCUT2D eigenvalue weighted by Gasteiger charge is -2.06. The first-order valence-electron chi connectivity index (χ1n) is 6.99. The molecule has 0 aliphatic heterocycles. The molecule has 0 amide bonds. The van der Waals surface area contributed by atoms with Crippen LogP contribution in [0.15, 0.2) is 47.8 Å². The van der Waals surface area contributed by atoms with Crippen LogP contribution in [0.4, 0.5) is 10.8 Å². The largest absolute Gasteiger partial charge is 0.331 e. The number of aryl methyl sites for hydroxylation is 3. The zero-order valence-electron chi connectivity index (χ0n) is 12.5. The third-order valence-corrected chi connectivity index (χ3v) is 4.31. The molecule has 0 radical (unpaired) electrons. The standard InChI is InChI=1S/C18H18N2S/c1-12-8-9-15(14(3)10-12)17-11-21-18(20-17)19-16-7-5-4-6-13(16)2/h4-11H,1-3H3,(H,19,20). The van der Waals surface area contributed by atoms with Crippen molar-refractivity contribution >= 4 is 22.2 Å². The smallest absolute Gasteiger partial charge is 0.187 e. The summed E-state index contributed by atoms with van der Waals surface area (Å²) in [5.74, 6) is 0. The molecule has 0 fully saturated rings. The Morgan fingerprint density at radius 1 is 0.952 bits per heavy atom. The molecular weight excluding hydrogens is 276 g/mol. The van der Waals surface area contributed by atoms with Crippen molar-refractivity contribution < 1.29 is 0 Å². The van der Waals surface area contributed by atoms with Crippen molar-refractivity contribution in [1.82, 2.24) is 4.98 Å². The van der Waals surface area contributed by atoms with Gasteiger partial charge in [0.15, 0.2) is 5.13 Å². The molecule has 0 bridgehead atoms. The Hall–Kier alpha value is -2.13. The van der Waals surface area contributed by atoms with E-state index in [1.165, 1.54) is 22.3 Å². The summed E-state index contributed by atoms with van der Waals surface area (Å²) in [5.41, 5.74) is 7.12. The molecule has 3 heteroatoms. The average molecular weight is 294 g/mol. The lowest BCUT2D eigenvalue weighted by Crippen LogP contribution is -1.92. The summed E-state index contributed by atoms with van der Waals surface area (Å²) in [7, 11) is 0. The molecule has 0 aliphatic carbocycles. The molecule has 1 N–H and O–H groups in total. The lowest BCUT2D eigenvalue weighted by molar-refractivity contribution is 1.32. The monoisotopic (exact) mass is 294 g/mol. The zero-order chi connectivity index (χ0) is 14.8. The van der Waals surface area contributed by atoms with E-state index < -0.39 is 0 Å². The van der Waals surface area contributed by atoms with E-state index in [2.05, 4.69) is 61.8 Å². The van der Waals surface area contributed by atoms with Gasteiger partial charge in [0.25, 0.3) is 0 Å². The molecule has 2 aromatic carbocycles. The zero-order valence-corrected chi connectivity index (χ0v) is 13.3. The second-order valence-corrected chi connectivity index (χ2v) is 6.15. The highest BCUT2D eigenvalue weighted by molar-refractivity contribution is 7.14. The highest BCUT2D eigenvalue weighted by Gasteiger charge is 2.08. The highest BCUT2D eigenvalue weighted by atomic mass is 32.1. The summed E-state index contributed by atoms with van der Waals surface area (Å²) in [5, 5.41) is 6.44. The number of aromatic nitrogens is 1. The minimum absolute atomic E-state index is 0.930. The van der Waals surface area contributed by atoms with Crippen LogP contribution in [0.3, 0.4) is 0 Å². The van der Waals surface area contributed by atoms with Crippen molar-refractivity contribution in [3.8, 4) is 11.3 Å². The van der Waals surface area contributed by atoms with Gasteiger partial charge in [-0.1, -0.05) is 42.0 Å². The maximum Gasteiger partial charge on any atom is 0.187 e. The molecule has 0 atom stereocenters. The fraction of sp³-hybridized carbons (Fsp3) is 0.167. The first-order chi connectivity index (χ1) is 10.1. The molecule has 0 saturated carbocycles. The van der Waals surface area contributed by atoms with Crippen molar-refractivity contribution in [2.24, 2.45) is 0 Å². The quantitative estimate of drug-likeness (QED) is 0.692. The molecule has 0 aliphatic rings. The number of nitrogens with one attached hydrogen (secondary N) is 1. The number of benzene rings is 2. The van der Waals surface area contributed by atoms with Gasteiger partial charge in [0.2, 0.25) is 0 Å². The molecule has 3 aromatic rings. The predicted molar refractivity (Wildman–Crippen MR) is 91.5 cm³/mol. The van der Waals surface area contributed by atoms with Gasteiger partial charge in [-0.15, -0.1) is 11.3 Å². The molecule has 0 unspecified atom stereocenters. The minimum Gasteiger partial charge on any atom is -0.331 e. The van der Waals surface area contributed by atoms with Crippen molar-refractivity contribution in [2.75, 3.05) is 5.32 Å². The van der Waals surface area contributed by atoms with Gasteiger partial charge < -0.3 is 5.32 Å². The van der Waals surface area contributed by atoms with Gasteiger partial charge in [-0.05, 0) is 38.0 Å². The topological polar surface area (TPSA) is 24.9 Å². The Bertz CT molecular complexity index is 774. The van der Waals surface area contributed by atoms with E-state index in [0.29, 0.717) is 0 Å². The molecule has 2 nitrogen and oxygen atoms in total. The van der Waals surface area contributed by atoms with Crippen LogP contribution in [-0.2, 0) is 0 Å². The second kappa shape index (κ2) is 5.70. The van der Waals surface area contributed by atoms with Gasteiger partial charge in [-0.3, -0.25) is 0 Å². The summed E-state index contributed by atoms with van der Waals surface area (Å²) in [6.07, 6.45) is 0. The van der Waals surface area contributed by atoms with Gasteiger partial charge in [0, 0.05) is 16.6 Å². The minimum atomic E-state index is 0.930. The maximum atomic E-state index is 4.71. The van der Waals surface area contributed by atoms with Crippen LogP contribution in [0.2, 0.25) is 0 Å². The normalized spacial score (nSPS) is 10.6. The first kappa shape index (κ1) is 13.8. The SMILES string of the molecule is Cc1ccc(-c2csc(Nc3ccccc3C)n2)c(C)c1. The van der Waals surface area contributed by atoms with E-state index in [4.69, 9.17) is 4.98 Å². The van der Waals surface area contributed by atoms with E-state index in [0.717, 1.165) is 16.5 Å². The Morgan fingerprint density at radius 2 is 1.76 bits per heavy atom. The van der Waals surface area contributed by atoms with Crippen LogP contribution in [0, 0.1) is 20.8 Å². The van der Waals surface area contributed by atoms with Crippen LogP contribution in [-0.4, -0.2) is 4.98 Å². The summed E-state index contributed by atoms with van der Waals surface area (Å²) in [6.45, 7) is 6.35. The second-order valence-electron chi connectivity index (χ2n) is 5.30. The van der Waals surface area contributed by atoms with Gasteiger partial charge in [0.1, 0.15) is 0 Å². The van der Waals surface area contributed by atoms with Crippen LogP contribution >= 0.6 is 11.3 Å². The summed E-state index contributed by atoms with van der Waals surface area (Å²) < 4.78 is 0. The molecule has 3 rings (SSSR count). The Morgan fingerprint density at radius 3 is 2.52 bits per heavy atom. The van der Waals surface area contributed by atoms with E-state index in [1.54, 1.807) is 11.3 Å². The van der Waals surface area contributed by atoms with E-state index >= 15 is 0 Å². The Kier molecular flexibility index (Phi) is 3.76. The molecule has 106 valence electrons. The number of rotatable bonds is 3. The molecule has 0 spiro atoms. The van der Waals surface area contributed by atoms with Crippen molar-refractivity contribution in [1.29, 1.82) is 0 Å². The third-order valence-electron chi connectivity index (χ3n) is 3.55. The Labute approximate surface area is 129 Å². The predicted octanol–water partition coefficient (Wildman–Crippen LogP) is 5.48. The highest BCUT2D eigenvalue weighted by Crippen LogP contribution is 2.30. The number of thiazole rings is 1. The molecular formula is C18H18N2S. The fourth-order valence-electron chi connectivity index (χ4n) is 2.38. The van der Waals surface area contributed by atoms with Crippen LogP contribution in [0.25, 0.3) is 11.3 Å². The third kappa shape index (κ3) is 2.98. The number of para-hydroxylation sites is 1. The van der Waals surface area contributed by atoms with Crippen molar-refractivity contribution in [3.63, 3.8) is 0 Å². The van der Waals surface area contributed by atoms with Crippen molar-refractivity contribution in [3.05, 3.63) is 64.5 Å². The Balaban J connectivity index is 1.88.